The fourth-order valence-electron chi connectivity index (χ4n) is 2.07. The molecule has 0 bridgehead atoms. The summed E-state index contributed by atoms with van der Waals surface area (Å²) in [4.78, 5) is 0. The molecule has 96 valence electrons. The van der Waals surface area contributed by atoms with Gasteiger partial charge >= 0.3 is 0 Å². The van der Waals surface area contributed by atoms with Crippen molar-refractivity contribution in [3.05, 3.63) is 59.0 Å². The first kappa shape index (κ1) is 12.9. The predicted octanol–water partition coefficient (Wildman–Crippen LogP) is 3.26. The van der Waals surface area contributed by atoms with Crippen LogP contribution in [0.5, 0.6) is 0 Å². The number of nitrogens with one attached hydrogen (secondary N) is 1. The second-order valence-electron chi connectivity index (χ2n) is 4.91. The number of benzene rings is 1. The Balaban J connectivity index is 2.28. The van der Waals surface area contributed by atoms with Gasteiger partial charge in [-0.05, 0) is 30.0 Å². The lowest BCUT2D eigenvalue weighted by Gasteiger charge is -2.15. The normalized spacial score (nSPS) is 12.9. The predicted molar refractivity (Wildman–Crippen MR) is 73.1 cm³/mol. The van der Waals surface area contributed by atoms with Gasteiger partial charge in [0.2, 0.25) is 0 Å². The molecule has 1 atom stereocenters. The van der Waals surface area contributed by atoms with Crippen molar-refractivity contribution in [2.24, 2.45) is 5.84 Å². The maximum Gasteiger partial charge on any atom is 0.101 e. The van der Waals surface area contributed by atoms with Gasteiger partial charge in [0.15, 0.2) is 0 Å². The number of nitrogens with two attached hydrogens (primary N) is 1. The van der Waals surface area contributed by atoms with Gasteiger partial charge < -0.3 is 4.42 Å². The molecule has 3 heteroatoms. The van der Waals surface area contributed by atoms with E-state index < -0.39 is 0 Å². The fourth-order valence-corrected chi connectivity index (χ4v) is 2.07. The van der Waals surface area contributed by atoms with Crippen molar-refractivity contribution in [2.45, 2.75) is 32.7 Å². The molecule has 18 heavy (non-hydrogen) atoms. The second kappa shape index (κ2) is 5.38. The topological polar surface area (TPSA) is 51.2 Å². The minimum absolute atomic E-state index is 0.0244. The molecule has 2 aromatic rings. The molecular formula is C15H20N2O. The lowest BCUT2D eigenvalue weighted by molar-refractivity contribution is 0.525. The standard InChI is InChI=1S/C15H20N2O/c1-10(2)12-4-6-13(7-5-12)15(17-16)14-8-11(3)18-9-14/h4-10,15,17H,16H2,1-3H3. The van der Waals surface area contributed by atoms with Gasteiger partial charge in [-0.15, -0.1) is 0 Å². The van der Waals surface area contributed by atoms with Crippen molar-refractivity contribution in [3.8, 4) is 0 Å². The maximum absolute atomic E-state index is 5.65. The first-order valence-corrected chi connectivity index (χ1v) is 6.23. The molecule has 3 nitrogen and oxygen atoms in total. The minimum Gasteiger partial charge on any atom is -0.469 e. The first-order chi connectivity index (χ1) is 8.61. The Bertz CT molecular complexity index is 499. The zero-order valence-electron chi connectivity index (χ0n) is 11.1. The number of hydrogen-bond acceptors (Lipinski definition) is 3. The quantitative estimate of drug-likeness (QED) is 0.641. The third kappa shape index (κ3) is 2.63. The molecule has 0 aliphatic heterocycles. The Morgan fingerprint density at radius 2 is 1.67 bits per heavy atom. The summed E-state index contributed by atoms with van der Waals surface area (Å²) in [7, 11) is 0. The number of furan rings is 1. The molecule has 0 aliphatic rings. The third-order valence-electron chi connectivity index (χ3n) is 3.19. The molecule has 3 N–H and O–H groups in total. The molecule has 2 rings (SSSR count). The second-order valence-corrected chi connectivity index (χ2v) is 4.91. The number of rotatable bonds is 4. The van der Waals surface area contributed by atoms with Gasteiger partial charge in [-0.2, -0.15) is 0 Å². The van der Waals surface area contributed by atoms with Gasteiger partial charge in [-0.25, -0.2) is 5.43 Å². The van der Waals surface area contributed by atoms with Crippen LogP contribution < -0.4 is 11.3 Å². The maximum atomic E-state index is 5.65. The summed E-state index contributed by atoms with van der Waals surface area (Å²) in [5.41, 5.74) is 6.36. The molecule has 1 heterocycles. The van der Waals surface area contributed by atoms with E-state index in [2.05, 4.69) is 43.5 Å². The van der Waals surface area contributed by atoms with Crippen molar-refractivity contribution in [2.75, 3.05) is 0 Å². The van der Waals surface area contributed by atoms with E-state index in [1.807, 2.05) is 13.0 Å². The van der Waals surface area contributed by atoms with E-state index in [9.17, 15) is 0 Å². The van der Waals surface area contributed by atoms with Gasteiger partial charge in [0.05, 0.1) is 12.3 Å². The van der Waals surface area contributed by atoms with Crippen LogP contribution in [-0.4, -0.2) is 0 Å². The van der Waals surface area contributed by atoms with Crippen LogP contribution in [0.15, 0.2) is 41.0 Å². The van der Waals surface area contributed by atoms with Crippen molar-refractivity contribution in [3.63, 3.8) is 0 Å². The highest BCUT2D eigenvalue weighted by Gasteiger charge is 2.14. The van der Waals surface area contributed by atoms with E-state index in [0.29, 0.717) is 5.92 Å². The van der Waals surface area contributed by atoms with Crippen LogP contribution in [0.2, 0.25) is 0 Å². The number of hydrogen-bond donors (Lipinski definition) is 2. The molecule has 1 unspecified atom stereocenters. The number of aryl methyl sites for hydroxylation is 1. The van der Waals surface area contributed by atoms with Gasteiger partial charge in [0.25, 0.3) is 0 Å². The van der Waals surface area contributed by atoms with E-state index in [0.717, 1.165) is 16.9 Å². The molecule has 1 aromatic heterocycles. The highest BCUT2D eigenvalue weighted by atomic mass is 16.3. The van der Waals surface area contributed by atoms with E-state index in [1.54, 1.807) is 6.26 Å². The average Bonchev–Trinajstić information content (AvgIpc) is 2.77. The summed E-state index contributed by atoms with van der Waals surface area (Å²) in [5.74, 6) is 7.09. The van der Waals surface area contributed by atoms with E-state index in [-0.39, 0.29) is 6.04 Å². The van der Waals surface area contributed by atoms with Crippen LogP contribution in [0.25, 0.3) is 0 Å². The van der Waals surface area contributed by atoms with E-state index in [4.69, 9.17) is 10.3 Å². The molecule has 0 fully saturated rings. The summed E-state index contributed by atoms with van der Waals surface area (Å²) < 4.78 is 5.34. The SMILES string of the molecule is Cc1cc(C(NN)c2ccc(C(C)C)cc2)co1. The number of hydrazine groups is 1. The molecule has 0 saturated heterocycles. The lowest BCUT2D eigenvalue weighted by atomic mass is 9.97. The Morgan fingerprint density at radius 3 is 2.11 bits per heavy atom. The largest absolute Gasteiger partial charge is 0.469 e. The molecule has 0 radical (unpaired) electrons. The van der Waals surface area contributed by atoms with Crippen LogP contribution in [0.3, 0.4) is 0 Å². The van der Waals surface area contributed by atoms with E-state index >= 15 is 0 Å². The highest BCUT2D eigenvalue weighted by Crippen LogP contribution is 2.24. The van der Waals surface area contributed by atoms with Gasteiger partial charge in [0.1, 0.15) is 5.76 Å². The monoisotopic (exact) mass is 244 g/mol. The van der Waals surface area contributed by atoms with Crippen molar-refractivity contribution in [1.29, 1.82) is 0 Å². The Labute approximate surface area is 108 Å². The Morgan fingerprint density at radius 1 is 1.06 bits per heavy atom. The van der Waals surface area contributed by atoms with Crippen molar-refractivity contribution in [1.82, 2.24) is 5.43 Å². The summed E-state index contributed by atoms with van der Waals surface area (Å²) in [6.07, 6.45) is 1.75. The highest BCUT2D eigenvalue weighted by molar-refractivity contribution is 5.33. The van der Waals surface area contributed by atoms with Crippen LogP contribution in [0, 0.1) is 6.92 Å². The van der Waals surface area contributed by atoms with Crippen molar-refractivity contribution < 1.29 is 4.42 Å². The van der Waals surface area contributed by atoms with Crippen LogP contribution in [-0.2, 0) is 0 Å². The van der Waals surface area contributed by atoms with Gasteiger partial charge in [0, 0.05) is 5.56 Å². The molecule has 0 saturated carbocycles. The lowest BCUT2D eigenvalue weighted by Crippen LogP contribution is -2.28. The average molecular weight is 244 g/mol. The Kier molecular flexibility index (Phi) is 3.84. The minimum atomic E-state index is -0.0244. The van der Waals surface area contributed by atoms with Crippen LogP contribution in [0.4, 0.5) is 0 Å². The van der Waals surface area contributed by atoms with E-state index in [1.165, 1.54) is 5.56 Å². The zero-order chi connectivity index (χ0) is 13.1. The third-order valence-corrected chi connectivity index (χ3v) is 3.19. The smallest absolute Gasteiger partial charge is 0.101 e. The molecule has 0 amide bonds. The fraction of sp³-hybridized carbons (Fsp3) is 0.333. The molecule has 1 aromatic carbocycles. The van der Waals surface area contributed by atoms with Crippen LogP contribution >= 0.6 is 0 Å². The van der Waals surface area contributed by atoms with Gasteiger partial charge in [-0.3, -0.25) is 5.84 Å². The molecular weight excluding hydrogens is 224 g/mol. The summed E-state index contributed by atoms with van der Waals surface area (Å²) in [6.45, 7) is 6.30. The molecule has 0 spiro atoms. The zero-order valence-corrected chi connectivity index (χ0v) is 11.1. The van der Waals surface area contributed by atoms with Crippen molar-refractivity contribution >= 4 is 0 Å². The summed E-state index contributed by atoms with van der Waals surface area (Å²) in [5, 5.41) is 0. The summed E-state index contributed by atoms with van der Waals surface area (Å²) in [6, 6.07) is 10.5. The summed E-state index contributed by atoms with van der Waals surface area (Å²) >= 11 is 0. The Hall–Kier alpha value is -1.58. The molecule has 0 aliphatic carbocycles. The first-order valence-electron chi connectivity index (χ1n) is 6.23. The van der Waals surface area contributed by atoms with Gasteiger partial charge in [-0.1, -0.05) is 38.1 Å². The van der Waals surface area contributed by atoms with Crippen LogP contribution in [0.1, 0.15) is 48.3 Å².